The molecule has 0 bridgehead atoms. The van der Waals surface area contributed by atoms with Crippen LogP contribution in [0.3, 0.4) is 0 Å². The number of nitriles is 1. The van der Waals surface area contributed by atoms with Crippen molar-refractivity contribution in [3.63, 3.8) is 0 Å². The largest absolute Gasteiger partial charge is 0.497 e. The SMILES string of the molecule is COc1ccc(NC(=NC#N)Nc2ccc(C(CC(C)C)C(=O)NC(CNCCC(NC(=O)CC(C)(C)C)C(=O)O)C(=O)O)cc2)cc1. The van der Waals surface area contributed by atoms with Crippen LogP contribution in [0.15, 0.2) is 53.5 Å². The summed E-state index contributed by atoms with van der Waals surface area (Å²) >= 11 is 0. The van der Waals surface area contributed by atoms with Crippen molar-refractivity contribution in [2.45, 2.75) is 71.9 Å². The van der Waals surface area contributed by atoms with Crippen molar-refractivity contribution in [1.82, 2.24) is 16.0 Å². The van der Waals surface area contributed by atoms with E-state index >= 15 is 0 Å². The Morgan fingerprint density at radius 1 is 0.896 bits per heavy atom. The predicted octanol–water partition coefficient (Wildman–Crippen LogP) is 3.74. The Labute approximate surface area is 281 Å². The number of aliphatic carboxylic acids is 2. The van der Waals surface area contributed by atoms with Crippen molar-refractivity contribution in [1.29, 1.82) is 5.26 Å². The third-order valence-corrected chi connectivity index (χ3v) is 7.01. The number of carboxylic acid groups (broad SMARTS) is 2. The number of amides is 2. The maximum absolute atomic E-state index is 13.4. The molecule has 2 aromatic rings. The minimum absolute atomic E-state index is 0.0261. The molecule has 2 rings (SSSR count). The minimum atomic E-state index is -1.28. The molecule has 48 heavy (non-hydrogen) atoms. The second-order valence-corrected chi connectivity index (χ2v) is 12.9. The summed E-state index contributed by atoms with van der Waals surface area (Å²) in [5, 5.41) is 42.6. The molecule has 0 spiro atoms. The van der Waals surface area contributed by atoms with E-state index in [1.54, 1.807) is 61.8 Å². The van der Waals surface area contributed by atoms with Gasteiger partial charge in [0.05, 0.1) is 13.0 Å². The predicted molar refractivity (Wildman–Crippen MR) is 183 cm³/mol. The zero-order chi connectivity index (χ0) is 35.9. The number of guanidine groups is 1. The smallest absolute Gasteiger partial charge is 0.327 e. The second-order valence-electron chi connectivity index (χ2n) is 12.9. The van der Waals surface area contributed by atoms with E-state index in [1.807, 2.05) is 34.6 Å². The van der Waals surface area contributed by atoms with E-state index in [0.29, 0.717) is 29.1 Å². The van der Waals surface area contributed by atoms with E-state index in [2.05, 4.69) is 31.6 Å². The van der Waals surface area contributed by atoms with Gasteiger partial charge in [0.25, 0.3) is 0 Å². The van der Waals surface area contributed by atoms with Crippen molar-refractivity contribution < 1.29 is 34.1 Å². The lowest BCUT2D eigenvalue weighted by atomic mass is 9.89. The number of ether oxygens (including phenoxy) is 1. The average molecular weight is 666 g/mol. The third kappa shape index (κ3) is 14.1. The van der Waals surface area contributed by atoms with Crippen molar-refractivity contribution in [3.05, 3.63) is 54.1 Å². The average Bonchev–Trinajstić information content (AvgIpc) is 3.00. The van der Waals surface area contributed by atoms with Gasteiger partial charge < -0.3 is 41.5 Å². The summed E-state index contributed by atoms with van der Waals surface area (Å²) < 4.78 is 5.16. The molecule has 0 aliphatic heterocycles. The number of hydrogen-bond donors (Lipinski definition) is 7. The lowest BCUT2D eigenvalue weighted by Gasteiger charge is -2.23. The van der Waals surface area contributed by atoms with E-state index in [0.717, 1.165) is 0 Å². The fraction of sp³-hybridized carbons (Fsp3) is 0.471. The van der Waals surface area contributed by atoms with Crippen LogP contribution in [-0.4, -0.2) is 72.2 Å². The highest BCUT2D eigenvalue weighted by molar-refractivity contribution is 6.04. The Morgan fingerprint density at radius 2 is 1.46 bits per heavy atom. The van der Waals surface area contributed by atoms with Gasteiger partial charge in [-0.3, -0.25) is 9.59 Å². The minimum Gasteiger partial charge on any atom is -0.497 e. The van der Waals surface area contributed by atoms with Crippen molar-refractivity contribution >= 4 is 41.1 Å². The molecular weight excluding hydrogens is 618 g/mol. The number of methoxy groups -OCH3 is 1. The van der Waals surface area contributed by atoms with Gasteiger partial charge in [0.2, 0.25) is 24.0 Å². The molecule has 260 valence electrons. The lowest BCUT2D eigenvalue weighted by Crippen LogP contribution is -2.49. The van der Waals surface area contributed by atoms with Gasteiger partial charge in [0.1, 0.15) is 17.8 Å². The molecular formula is C34H47N7O7. The van der Waals surface area contributed by atoms with E-state index in [4.69, 9.17) is 10.00 Å². The number of aliphatic imine (C=N–C) groups is 1. The first kappa shape index (κ1) is 39.0. The Hall–Kier alpha value is -5.16. The summed E-state index contributed by atoms with van der Waals surface area (Å²) in [7, 11) is 1.56. The van der Waals surface area contributed by atoms with Crippen molar-refractivity contribution in [2.75, 3.05) is 30.8 Å². The van der Waals surface area contributed by atoms with Gasteiger partial charge in [-0.2, -0.15) is 5.26 Å². The summed E-state index contributed by atoms with van der Waals surface area (Å²) in [6, 6.07) is 11.6. The molecule has 3 atom stereocenters. The molecule has 14 heteroatoms. The Balaban J connectivity index is 2.05. The summed E-state index contributed by atoms with van der Waals surface area (Å²) in [6.07, 6.45) is 2.39. The van der Waals surface area contributed by atoms with Gasteiger partial charge in [-0.25, -0.2) is 9.59 Å². The van der Waals surface area contributed by atoms with Crippen LogP contribution in [0, 0.1) is 22.8 Å². The zero-order valence-electron chi connectivity index (χ0n) is 28.3. The standard InChI is InChI=1S/C34H47N7O7/c1-21(2)17-26(22-7-9-23(10-8-22)38-33(37-20-35)39-24-11-13-25(48-6)14-12-24)30(43)41-28(32(46)47)19-36-16-15-27(31(44)45)40-29(42)18-34(3,4)5/h7-14,21,26-28,36H,15-19H2,1-6H3,(H,40,42)(H,41,43)(H,44,45)(H,46,47)(H2,37,38,39). The topological polar surface area (TPSA) is 214 Å². The second kappa shape index (κ2) is 18.9. The number of carbonyl (C=O) groups is 4. The Bertz CT molecular complexity index is 1450. The Kier molecular flexibility index (Phi) is 15.3. The number of nitrogens with one attached hydrogen (secondary N) is 5. The summed E-state index contributed by atoms with van der Waals surface area (Å²) in [4.78, 5) is 53.1. The molecule has 14 nitrogen and oxygen atoms in total. The monoisotopic (exact) mass is 665 g/mol. The van der Waals surface area contributed by atoms with Crippen LogP contribution in [0.1, 0.15) is 65.4 Å². The molecule has 2 aromatic carbocycles. The quantitative estimate of drug-likeness (QED) is 0.0559. The van der Waals surface area contributed by atoms with Gasteiger partial charge in [-0.15, -0.1) is 4.99 Å². The van der Waals surface area contributed by atoms with Crippen LogP contribution in [0.2, 0.25) is 0 Å². The van der Waals surface area contributed by atoms with Crippen LogP contribution < -0.4 is 31.3 Å². The fourth-order valence-electron chi connectivity index (χ4n) is 4.70. The molecule has 0 heterocycles. The van der Waals surface area contributed by atoms with E-state index in [9.17, 15) is 29.4 Å². The van der Waals surface area contributed by atoms with Crippen LogP contribution in [0.5, 0.6) is 5.75 Å². The first-order chi connectivity index (χ1) is 22.6. The van der Waals surface area contributed by atoms with E-state index in [-0.39, 0.29) is 49.1 Å². The van der Waals surface area contributed by atoms with Crippen LogP contribution >= 0.6 is 0 Å². The van der Waals surface area contributed by atoms with E-state index < -0.39 is 35.8 Å². The maximum atomic E-state index is 13.4. The molecule has 0 aliphatic carbocycles. The highest BCUT2D eigenvalue weighted by Gasteiger charge is 2.28. The molecule has 2 amide bonds. The normalized spacial score (nSPS) is 13.4. The number of hydrogen-bond acceptors (Lipinski definition) is 8. The number of carbonyl (C=O) groups excluding carboxylic acids is 2. The highest BCUT2D eigenvalue weighted by Crippen LogP contribution is 2.26. The number of carboxylic acids is 2. The fourth-order valence-corrected chi connectivity index (χ4v) is 4.70. The van der Waals surface area contributed by atoms with Crippen molar-refractivity contribution in [3.8, 4) is 11.9 Å². The summed E-state index contributed by atoms with van der Waals surface area (Å²) in [5.41, 5.74) is 1.63. The van der Waals surface area contributed by atoms with Gasteiger partial charge in [0, 0.05) is 24.3 Å². The van der Waals surface area contributed by atoms with Gasteiger partial charge in [-0.1, -0.05) is 46.8 Å². The highest BCUT2D eigenvalue weighted by atomic mass is 16.5. The number of benzene rings is 2. The van der Waals surface area contributed by atoms with E-state index in [1.165, 1.54) is 0 Å². The maximum Gasteiger partial charge on any atom is 0.327 e. The number of nitrogens with zero attached hydrogens (tertiary/aromatic N) is 2. The number of anilines is 2. The molecule has 0 radical (unpaired) electrons. The van der Waals surface area contributed by atoms with Crippen LogP contribution in [-0.2, 0) is 19.2 Å². The molecule has 0 fully saturated rings. The molecule has 3 unspecified atom stereocenters. The zero-order valence-corrected chi connectivity index (χ0v) is 28.3. The summed E-state index contributed by atoms with van der Waals surface area (Å²) in [6.45, 7) is 9.48. The van der Waals surface area contributed by atoms with Crippen LogP contribution in [0.4, 0.5) is 11.4 Å². The van der Waals surface area contributed by atoms with Gasteiger partial charge in [-0.05, 0) is 72.7 Å². The molecule has 0 saturated heterocycles. The molecule has 0 aliphatic rings. The van der Waals surface area contributed by atoms with Crippen molar-refractivity contribution in [2.24, 2.45) is 16.3 Å². The summed E-state index contributed by atoms with van der Waals surface area (Å²) in [5.74, 6) is -2.97. The molecule has 0 aromatic heterocycles. The lowest BCUT2D eigenvalue weighted by molar-refractivity contribution is -0.142. The number of rotatable bonds is 17. The van der Waals surface area contributed by atoms with Gasteiger partial charge in [0.15, 0.2) is 0 Å². The first-order valence-corrected chi connectivity index (χ1v) is 15.6. The first-order valence-electron chi connectivity index (χ1n) is 15.6. The van der Waals surface area contributed by atoms with Gasteiger partial charge >= 0.3 is 11.9 Å². The Morgan fingerprint density at radius 3 is 1.94 bits per heavy atom. The third-order valence-electron chi connectivity index (χ3n) is 7.01. The van der Waals surface area contributed by atoms with Crippen LogP contribution in [0.25, 0.3) is 0 Å². The molecule has 0 saturated carbocycles. The molecule has 7 N–H and O–H groups in total.